The van der Waals surface area contributed by atoms with Crippen LogP contribution < -0.4 is 9.30 Å². The first-order valence-electron chi connectivity index (χ1n) is 23.9. The maximum absolute atomic E-state index is 6.68. The third kappa shape index (κ3) is 9.88. The molecule has 0 bridgehead atoms. The molecule has 0 N–H and O–H groups in total. The second-order valence-corrected chi connectivity index (χ2v) is 23.1. The summed E-state index contributed by atoms with van der Waals surface area (Å²) in [6.07, 6.45) is 5.60. The van der Waals surface area contributed by atoms with E-state index in [4.69, 9.17) is 14.8 Å². The van der Waals surface area contributed by atoms with Gasteiger partial charge in [0.15, 0.2) is 0 Å². The van der Waals surface area contributed by atoms with Crippen LogP contribution in [0, 0.1) is 18.5 Å². The summed E-state index contributed by atoms with van der Waals surface area (Å²) in [5.41, 5.74) is 11.6. The molecule has 3 heterocycles. The number of ether oxygens (including phenoxy) is 1. The number of hydrogen-bond acceptors (Lipinski definition) is 3. The first-order chi connectivity index (χ1) is 31.9. The maximum atomic E-state index is 6.68. The minimum Gasteiger partial charge on any atom is -0.510 e. The van der Waals surface area contributed by atoms with E-state index in [0.717, 1.165) is 44.7 Å². The first kappa shape index (κ1) is 49.3. The van der Waals surface area contributed by atoms with E-state index >= 15 is 0 Å². The van der Waals surface area contributed by atoms with Crippen LogP contribution in [0.3, 0.4) is 0 Å². The number of rotatable bonds is 8. The molecular formula is C62H65N5OPt-2. The molecule has 9 rings (SSSR count). The van der Waals surface area contributed by atoms with E-state index in [0.29, 0.717) is 17.2 Å². The van der Waals surface area contributed by atoms with E-state index in [2.05, 4.69) is 234 Å². The Kier molecular flexibility index (Phi) is 12.9. The Bertz CT molecular complexity index is 3170. The number of pyridine rings is 1. The van der Waals surface area contributed by atoms with Crippen molar-refractivity contribution in [3.8, 4) is 40.1 Å². The molecule has 0 saturated carbocycles. The first-order valence-corrected chi connectivity index (χ1v) is 23.9. The normalized spacial score (nSPS) is 12.7. The number of aromatic nitrogens is 5. The van der Waals surface area contributed by atoms with Gasteiger partial charge < -0.3 is 13.9 Å². The zero-order chi connectivity index (χ0) is 48.6. The fraction of sp³-hybridized carbons (Fsp3) is 0.306. The van der Waals surface area contributed by atoms with Gasteiger partial charge in [0.25, 0.3) is 0 Å². The van der Waals surface area contributed by atoms with Gasteiger partial charge in [0, 0.05) is 60.9 Å². The zero-order valence-electron chi connectivity index (χ0n) is 42.7. The third-order valence-electron chi connectivity index (χ3n) is 13.4. The minimum absolute atomic E-state index is 0. The van der Waals surface area contributed by atoms with E-state index in [1.165, 1.54) is 33.4 Å². The van der Waals surface area contributed by atoms with E-state index in [1.807, 2.05) is 35.1 Å². The SMILES string of the molecule is CC(C)(C)c1cc(-c2nn(-c3[c-]c(Oc4[c-]c5c(cc4)c4ccccc4n5-c4cc(C(C)(C)c5ccccc5)ccn4)ccc3)[c-][n+]2-c2cc(C(C)(C)C)cc(C(C)(C)C)c2)cc(C(C)(C)C)c1.[Pt]. The van der Waals surface area contributed by atoms with Crippen LogP contribution in [-0.2, 0) is 48.1 Å². The van der Waals surface area contributed by atoms with Crippen molar-refractivity contribution in [2.75, 3.05) is 0 Å². The minimum atomic E-state index is -0.236. The molecule has 0 aliphatic heterocycles. The van der Waals surface area contributed by atoms with Crippen molar-refractivity contribution in [3.63, 3.8) is 0 Å². The Hall–Kier alpha value is -6.10. The van der Waals surface area contributed by atoms with E-state index in [9.17, 15) is 0 Å². The molecule has 6 nitrogen and oxygen atoms in total. The number of nitrogens with zero attached hydrogens (tertiary/aromatic N) is 5. The second kappa shape index (κ2) is 18.0. The topological polar surface area (TPSA) is 48.8 Å². The van der Waals surface area contributed by atoms with Crippen molar-refractivity contribution < 1.29 is 30.4 Å². The summed E-state index contributed by atoms with van der Waals surface area (Å²) >= 11 is 0. The van der Waals surface area contributed by atoms with Crippen LogP contribution in [0.1, 0.15) is 130 Å². The zero-order valence-corrected chi connectivity index (χ0v) is 45.0. The van der Waals surface area contributed by atoms with Gasteiger partial charge in [0.2, 0.25) is 12.2 Å². The molecule has 0 spiro atoms. The van der Waals surface area contributed by atoms with Crippen molar-refractivity contribution in [2.24, 2.45) is 0 Å². The van der Waals surface area contributed by atoms with Crippen molar-refractivity contribution in [1.82, 2.24) is 19.3 Å². The summed E-state index contributed by atoms with van der Waals surface area (Å²) < 4.78 is 12.8. The molecule has 69 heavy (non-hydrogen) atoms. The van der Waals surface area contributed by atoms with Crippen LogP contribution >= 0.6 is 0 Å². The van der Waals surface area contributed by atoms with Gasteiger partial charge in [0.1, 0.15) is 5.82 Å². The molecule has 356 valence electrons. The number of para-hydroxylation sites is 1. The van der Waals surface area contributed by atoms with Gasteiger partial charge >= 0.3 is 0 Å². The Morgan fingerprint density at radius 1 is 0.507 bits per heavy atom. The van der Waals surface area contributed by atoms with Gasteiger partial charge in [0.05, 0.1) is 0 Å². The van der Waals surface area contributed by atoms with Gasteiger partial charge in [-0.25, -0.2) is 4.98 Å². The van der Waals surface area contributed by atoms with Crippen LogP contribution in [-0.4, -0.2) is 19.3 Å². The van der Waals surface area contributed by atoms with Gasteiger partial charge in [-0.1, -0.05) is 187 Å². The maximum Gasteiger partial charge on any atom is 0.231 e. The predicted octanol–water partition coefficient (Wildman–Crippen LogP) is 15.0. The van der Waals surface area contributed by atoms with E-state index < -0.39 is 0 Å². The molecule has 0 aliphatic rings. The molecule has 0 unspecified atom stereocenters. The van der Waals surface area contributed by atoms with E-state index in [1.54, 1.807) is 0 Å². The molecule has 0 radical (unpaired) electrons. The summed E-state index contributed by atoms with van der Waals surface area (Å²) in [5.74, 6) is 2.72. The molecule has 0 fully saturated rings. The summed E-state index contributed by atoms with van der Waals surface area (Å²) in [7, 11) is 0. The van der Waals surface area contributed by atoms with Gasteiger partial charge in [-0.15, -0.1) is 29.7 Å². The van der Waals surface area contributed by atoms with Crippen LogP contribution in [0.5, 0.6) is 11.5 Å². The molecule has 0 amide bonds. The Labute approximate surface area is 424 Å². The van der Waals surface area contributed by atoms with E-state index in [-0.39, 0.29) is 48.1 Å². The number of hydrogen-bond donors (Lipinski definition) is 0. The van der Waals surface area contributed by atoms with Gasteiger partial charge in [-0.3, -0.25) is 0 Å². The monoisotopic (exact) mass is 1090 g/mol. The summed E-state index contributed by atoms with van der Waals surface area (Å²) in [4.78, 5) is 4.95. The molecule has 0 atom stereocenters. The van der Waals surface area contributed by atoms with Crippen LogP contribution in [0.25, 0.3) is 50.4 Å². The van der Waals surface area contributed by atoms with Crippen molar-refractivity contribution in [2.45, 2.75) is 124 Å². The average Bonchev–Trinajstić information content (AvgIpc) is 3.88. The smallest absolute Gasteiger partial charge is 0.231 e. The Morgan fingerprint density at radius 2 is 1.09 bits per heavy atom. The van der Waals surface area contributed by atoms with Crippen molar-refractivity contribution in [3.05, 3.63) is 191 Å². The summed E-state index contributed by atoms with van der Waals surface area (Å²) in [6, 6.07) is 54.5. The van der Waals surface area contributed by atoms with Crippen LogP contribution in [0.15, 0.2) is 140 Å². The molecule has 9 aromatic rings. The number of fused-ring (bicyclic) bond motifs is 3. The van der Waals surface area contributed by atoms with Gasteiger partial charge in [-0.2, -0.15) is 22.9 Å². The van der Waals surface area contributed by atoms with Crippen molar-refractivity contribution in [1.29, 1.82) is 0 Å². The quantitative estimate of drug-likeness (QED) is 0.113. The van der Waals surface area contributed by atoms with Gasteiger partial charge in [-0.05, 0) is 89.4 Å². The van der Waals surface area contributed by atoms with Crippen LogP contribution in [0.4, 0.5) is 0 Å². The molecule has 0 saturated heterocycles. The van der Waals surface area contributed by atoms with Crippen molar-refractivity contribution >= 4 is 21.8 Å². The molecule has 7 heteroatoms. The fourth-order valence-corrected chi connectivity index (χ4v) is 8.87. The molecule has 0 aliphatic carbocycles. The molecule has 6 aromatic carbocycles. The summed E-state index contributed by atoms with van der Waals surface area (Å²) in [6.45, 7) is 31.8. The summed E-state index contributed by atoms with van der Waals surface area (Å²) in [5, 5.41) is 7.57. The standard InChI is InChI=1S/C62H65N5O.Pt/c1-58(2,3)44-31-41(32-45(33-44)59(4,5)6)57-64-66(40-65(57)49-35-46(60(7,8)9)34-47(36-49)61(10,11)12)48-23-20-24-50(38-48)68-51-27-28-53-52-25-18-19-26-54(52)67(55(53)39-51)56-37-43(29-30-63-56)62(13,14)42-21-16-15-17-22-42;/h15-37H,1-14H3;/q-2;. The fourth-order valence-electron chi connectivity index (χ4n) is 8.87. The largest absolute Gasteiger partial charge is 0.510 e. The third-order valence-corrected chi connectivity index (χ3v) is 13.4. The average molecular weight is 1090 g/mol. The van der Waals surface area contributed by atoms with Crippen LogP contribution in [0.2, 0.25) is 0 Å². The Balaban J connectivity index is 0.00000642. The molecular weight excluding hydrogens is 1030 g/mol. The number of benzene rings is 6. The second-order valence-electron chi connectivity index (χ2n) is 23.1. The molecule has 3 aromatic heterocycles. The predicted molar refractivity (Wildman–Crippen MR) is 279 cm³/mol. The Morgan fingerprint density at radius 3 is 1.71 bits per heavy atom.